The lowest BCUT2D eigenvalue weighted by molar-refractivity contribution is 0.0953. The first-order valence-electron chi connectivity index (χ1n) is 11.1. The van der Waals surface area contributed by atoms with Gasteiger partial charge in [-0.25, -0.2) is 4.98 Å². The minimum absolute atomic E-state index is 0.0541. The van der Waals surface area contributed by atoms with Gasteiger partial charge >= 0.3 is 0 Å². The molecule has 0 aliphatic heterocycles. The molecule has 0 aliphatic rings. The molecule has 4 rings (SSSR count). The van der Waals surface area contributed by atoms with Gasteiger partial charge in [0.2, 0.25) is 0 Å². The molecule has 164 valence electrons. The number of aryl methyl sites for hydroxylation is 2. The van der Waals surface area contributed by atoms with Crippen LogP contribution in [0.2, 0.25) is 5.02 Å². The first-order valence-corrected chi connectivity index (χ1v) is 11.5. The summed E-state index contributed by atoms with van der Waals surface area (Å²) in [6.45, 7) is 3.62. The second-order valence-electron chi connectivity index (χ2n) is 8.17. The lowest BCUT2D eigenvalue weighted by atomic mass is 10.1. The number of hydrogen-bond donors (Lipinski definition) is 1. The Labute approximate surface area is 194 Å². The number of imidazole rings is 1. The van der Waals surface area contributed by atoms with E-state index < -0.39 is 0 Å². The van der Waals surface area contributed by atoms with Gasteiger partial charge in [-0.1, -0.05) is 60.0 Å². The van der Waals surface area contributed by atoms with Gasteiger partial charge in [0.15, 0.2) is 0 Å². The molecule has 32 heavy (non-hydrogen) atoms. The highest BCUT2D eigenvalue weighted by atomic mass is 35.5. The number of carbonyl (C=O) groups excluding carboxylic acids is 1. The molecule has 4 nitrogen and oxygen atoms in total. The van der Waals surface area contributed by atoms with Crippen LogP contribution in [0.3, 0.4) is 0 Å². The third kappa shape index (κ3) is 5.57. The van der Waals surface area contributed by atoms with Gasteiger partial charge in [-0.05, 0) is 61.7 Å². The Balaban J connectivity index is 1.32. The molecule has 4 aromatic rings. The van der Waals surface area contributed by atoms with E-state index in [4.69, 9.17) is 16.6 Å². The van der Waals surface area contributed by atoms with Gasteiger partial charge in [0.05, 0.1) is 11.0 Å². The van der Waals surface area contributed by atoms with Crippen molar-refractivity contribution in [3.05, 3.63) is 100 Å². The quantitative estimate of drug-likeness (QED) is 0.312. The molecule has 0 saturated carbocycles. The minimum Gasteiger partial charge on any atom is -0.352 e. The Morgan fingerprint density at radius 1 is 0.969 bits per heavy atom. The van der Waals surface area contributed by atoms with Crippen LogP contribution in [0.15, 0.2) is 72.8 Å². The monoisotopic (exact) mass is 445 g/mol. The minimum atomic E-state index is -0.0541. The molecule has 1 N–H and O–H groups in total. The smallest absolute Gasteiger partial charge is 0.251 e. The van der Waals surface area contributed by atoms with Crippen LogP contribution in [0.1, 0.15) is 46.6 Å². The van der Waals surface area contributed by atoms with Crippen molar-refractivity contribution in [3.8, 4) is 0 Å². The summed E-state index contributed by atoms with van der Waals surface area (Å²) >= 11 is 5.88. The molecule has 0 saturated heterocycles. The summed E-state index contributed by atoms with van der Waals surface area (Å²) in [7, 11) is 0. The maximum absolute atomic E-state index is 12.2. The topological polar surface area (TPSA) is 46.9 Å². The number of nitrogens with zero attached hydrogens (tertiary/aromatic N) is 2. The van der Waals surface area contributed by atoms with Gasteiger partial charge < -0.3 is 9.88 Å². The van der Waals surface area contributed by atoms with Crippen LogP contribution in [-0.4, -0.2) is 22.0 Å². The third-order valence-electron chi connectivity index (χ3n) is 5.63. The number of carbonyl (C=O) groups is 1. The maximum atomic E-state index is 12.2. The molecular weight excluding hydrogens is 418 g/mol. The molecule has 5 heteroatoms. The van der Waals surface area contributed by atoms with Crippen LogP contribution in [0.4, 0.5) is 0 Å². The van der Waals surface area contributed by atoms with E-state index in [1.54, 1.807) is 24.3 Å². The maximum Gasteiger partial charge on any atom is 0.251 e. The van der Waals surface area contributed by atoms with Crippen molar-refractivity contribution in [2.45, 2.75) is 39.2 Å². The molecule has 3 aromatic carbocycles. The van der Waals surface area contributed by atoms with E-state index in [0.29, 0.717) is 17.1 Å². The highest BCUT2D eigenvalue weighted by molar-refractivity contribution is 6.30. The van der Waals surface area contributed by atoms with E-state index in [-0.39, 0.29) is 5.91 Å². The second-order valence-corrected chi connectivity index (χ2v) is 8.60. The Kier molecular flexibility index (Phi) is 7.23. The lowest BCUT2D eigenvalue weighted by Gasteiger charge is -2.10. The molecule has 0 spiro atoms. The molecule has 1 heterocycles. The first kappa shape index (κ1) is 22.1. The van der Waals surface area contributed by atoms with Crippen LogP contribution in [0, 0.1) is 6.92 Å². The third-order valence-corrected chi connectivity index (χ3v) is 5.88. The van der Waals surface area contributed by atoms with Crippen LogP contribution in [0.5, 0.6) is 0 Å². The summed E-state index contributed by atoms with van der Waals surface area (Å²) < 4.78 is 2.34. The zero-order chi connectivity index (χ0) is 22.3. The van der Waals surface area contributed by atoms with Gasteiger partial charge in [0.25, 0.3) is 5.91 Å². The summed E-state index contributed by atoms with van der Waals surface area (Å²) in [6.07, 6.45) is 3.94. The lowest BCUT2D eigenvalue weighted by Crippen LogP contribution is -2.24. The predicted octanol–water partition coefficient (Wildman–Crippen LogP) is 6.19. The zero-order valence-electron chi connectivity index (χ0n) is 18.4. The highest BCUT2D eigenvalue weighted by Crippen LogP contribution is 2.20. The molecule has 0 aliphatic carbocycles. The second kappa shape index (κ2) is 10.5. The SMILES string of the molecule is Cc1cccc(Cn2c(CCCCCNC(=O)c3ccc(Cl)cc3)nc3ccccc32)c1. The fraction of sp³-hybridized carbons (Fsp3) is 0.259. The number of amides is 1. The average Bonchev–Trinajstić information content (AvgIpc) is 3.14. The zero-order valence-corrected chi connectivity index (χ0v) is 19.1. The van der Waals surface area contributed by atoms with Crippen molar-refractivity contribution in [1.82, 2.24) is 14.9 Å². The standard InChI is InChI=1S/C27H28ClN3O/c1-20-8-7-9-21(18-20)19-31-25-11-5-4-10-24(25)30-26(31)12-3-2-6-17-29-27(32)22-13-15-23(28)16-14-22/h4-5,7-11,13-16,18H,2-3,6,12,17,19H2,1H3,(H,29,32). The molecule has 0 fully saturated rings. The number of rotatable bonds is 9. The van der Waals surface area contributed by atoms with Crippen LogP contribution >= 0.6 is 11.6 Å². The summed E-state index contributed by atoms with van der Waals surface area (Å²) in [5, 5.41) is 3.62. The fourth-order valence-corrected chi connectivity index (χ4v) is 4.10. The largest absolute Gasteiger partial charge is 0.352 e. The van der Waals surface area contributed by atoms with E-state index >= 15 is 0 Å². The average molecular weight is 446 g/mol. The van der Waals surface area contributed by atoms with Crippen LogP contribution in [0.25, 0.3) is 11.0 Å². The van der Waals surface area contributed by atoms with Crippen molar-refractivity contribution in [2.75, 3.05) is 6.54 Å². The van der Waals surface area contributed by atoms with E-state index in [1.165, 1.54) is 16.6 Å². The number of aromatic nitrogens is 2. The summed E-state index contributed by atoms with van der Waals surface area (Å²) in [5.41, 5.74) is 5.43. The van der Waals surface area contributed by atoms with E-state index in [0.717, 1.165) is 43.6 Å². The van der Waals surface area contributed by atoms with Gasteiger partial charge in [-0.15, -0.1) is 0 Å². The van der Waals surface area contributed by atoms with Gasteiger partial charge in [-0.3, -0.25) is 4.79 Å². The highest BCUT2D eigenvalue weighted by Gasteiger charge is 2.11. The Morgan fingerprint density at radius 2 is 1.78 bits per heavy atom. The molecular formula is C27H28ClN3O. The van der Waals surface area contributed by atoms with Gasteiger partial charge in [-0.2, -0.15) is 0 Å². The molecule has 0 radical (unpaired) electrons. The number of fused-ring (bicyclic) bond motifs is 1. The van der Waals surface area contributed by atoms with Crippen molar-refractivity contribution in [1.29, 1.82) is 0 Å². The molecule has 0 bridgehead atoms. The Morgan fingerprint density at radius 3 is 2.59 bits per heavy atom. The Bertz CT molecular complexity index is 1200. The van der Waals surface area contributed by atoms with Crippen molar-refractivity contribution in [3.63, 3.8) is 0 Å². The molecule has 0 atom stereocenters. The molecule has 1 amide bonds. The van der Waals surface area contributed by atoms with Gasteiger partial charge in [0.1, 0.15) is 5.82 Å². The predicted molar refractivity (Wildman–Crippen MR) is 131 cm³/mol. The Hall–Kier alpha value is -3.11. The number of halogens is 1. The molecule has 0 unspecified atom stereocenters. The van der Waals surface area contributed by atoms with Crippen LogP contribution in [-0.2, 0) is 13.0 Å². The van der Waals surface area contributed by atoms with E-state index in [2.05, 4.69) is 59.3 Å². The fourth-order valence-electron chi connectivity index (χ4n) is 3.98. The number of nitrogens with one attached hydrogen (secondary N) is 1. The van der Waals surface area contributed by atoms with Crippen molar-refractivity contribution < 1.29 is 4.79 Å². The summed E-state index contributed by atoms with van der Waals surface area (Å²) in [5.74, 6) is 1.07. The summed E-state index contributed by atoms with van der Waals surface area (Å²) in [6, 6.07) is 24.0. The van der Waals surface area contributed by atoms with E-state index in [9.17, 15) is 4.79 Å². The summed E-state index contributed by atoms with van der Waals surface area (Å²) in [4.78, 5) is 17.1. The van der Waals surface area contributed by atoms with Crippen LogP contribution < -0.4 is 5.32 Å². The number of unbranched alkanes of at least 4 members (excludes halogenated alkanes) is 2. The van der Waals surface area contributed by atoms with Gasteiger partial charge in [0, 0.05) is 30.1 Å². The molecule has 1 aromatic heterocycles. The number of hydrogen-bond acceptors (Lipinski definition) is 2. The number of para-hydroxylation sites is 2. The first-order chi connectivity index (χ1) is 15.6. The van der Waals surface area contributed by atoms with Crippen molar-refractivity contribution in [2.24, 2.45) is 0 Å². The van der Waals surface area contributed by atoms with Crippen molar-refractivity contribution >= 4 is 28.5 Å². The normalized spacial score (nSPS) is 11.1. The van der Waals surface area contributed by atoms with E-state index in [1.807, 2.05) is 6.07 Å². The number of benzene rings is 3.